The fourth-order valence-electron chi connectivity index (χ4n) is 2.28. The third kappa shape index (κ3) is 2.34. The van der Waals surface area contributed by atoms with Crippen LogP contribution < -0.4 is 10.1 Å². The predicted molar refractivity (Wildman–Crippen MR) is 76.4 cm³/mol. The van der Waals surface area contributed by atoms with Gasteiger partial charge in [0.05, 0.1) is 12.6 Å². The lowest BCUT2D eigenvalue weighted by atomic mass is 10.0. The van der Waals surface area contributed by atoms with Gasteiger partial charge in [-0.15, -0.1) is 0 Å². The first-order chi connectivity index (χ1) is 8.64. The van der Waals surface area contributed by atoms with Gasteiger partial charge in [0, 0.05) is 23.3 Å². The summed E-state index contributed by atoms with van der Waals surface area (Å²) in [6.45, 7) is 5.17. The Kier molecular flexibility index (Phi) is 2.98. The minimum absolute atomic E-state index is 0.161. The highest BCUT2D eigenvalue weighted by Gasteiger charge is 2.29. The van der Waals surface area contributed by atoms with Crippen LogP contribution in [0.3, 0.4) is 0 Å². The summed E-state index contributed by atoms with van der Waals surface area (Å²) in [5.74, 6) is 2.07. The zero-order chi connectivity index (χ0) is 12.6. The molecule has 0 radical (unpaired) electrons. The number of nitrogens with zero attached hydrogens (tertiary/aromatic N) is 1. The van der Waals surface area contributed by atoms with Gasteiger partial charge in [-0.25, -0.2) is 0 Å². The Labute approximate surface area is 112 Å². The molecule has 1 N–H and O–H groups in total. The maximum absolute atomic E-state index is 5.66. The van der Waals surface area contributed by atoms with E-state index in [1.54, 1.807) is 0 Å². The fraction of sp³-hybridized carbons (Fsp3) is 0.500. The Bertz CT molecular complexity index is 484. The lowest BCUT2D eigenvalue weighted by molar-refractivity contribution is 0.269. The van der Waals surface area contributed by atoms with Crippen LogP contribution in [0.5, 0.6) is 5.75 Å². The number of rotatable bonds is 1. The SMILES string of the molecule is CC1(C)CSC(=NC2CCOc3ccccc32)N1. The van der Waals surface area contributed by atoms with Gasteiger partial charge in [0.1, 0.15) is 5.75 Å². The van der Waals surface area contributed by atoms with E-state index < -0.39 is 0 Å². The average Bonchev–Trinajstić information content (AvgIpc) is 2.69. The van der Waals surface area contributed by atoms with Gasteiger partial charge in [-0.1, -0.05) is 30.0 Å². The number of amidine groups is 1. The van der Waals surface area contributed by atoms with Crippen molar-refractivity contribution in [2.75, 3.05) is 12.4 Å². The van der Waals surface area contributed by atoms with Crippen LogP contribution in [0.15, 0.2) is 29.3 Å². The van der Waals surface area contributed by atoms with E-state index in [0.717, 1.165) is 29.7 Å². The minimum atomic E-state index is 0.161. The van der Waals surface area contributed by atoms with Crippen LogP contribution in [0.2, 0.25) is 0 Å². The van der Waals surface area contributed by atoms with E-state index in [2.05, 4.69) is 31.3 Å². The van der Waals surface area contributed by atoms with Crippen molar-refractivity contribution in [3.05, 3.63) is 29.8 Å². The monoisotopic (exact) mass is 262 g/mol. The van der Waals surface area contributed by atoms with Crippen LogP contribution >= 0.6 is 11.8 Å². The molecule has 0 aliphatic carbocycles. The highest BCUT2D eigenvalue weighted by atomic mass is 32.2. The number of para-hydroxylation sites is 1. The summed E-state index contributed by atoms with van der Waals surface area (Å²) in [6.07, 6.45) is 0.961. The van der Waals surface area contributed by atoms with E-state index in [1.165, 1.54) is 5.56 Å². The van der Waals surface area contributed by atoms with Crippen molar-refractivity contribution in [3.8, 4) is 5.75 Å². The van der Waals surface area contributed by atoms with Crippen LogP contribution in [-0.4, -0.2) is 23.1 Å². The Morgan fingerprint density at radius 1 is 1.39 bits per heavy atom. The van der Waals surface area contributed by atoms with Crippen molar-refractivity contribution in [3.63, 3.8) is 0 Å². The van der Waals surface area contributed by atoms with Gasteiger partial charge in [-0.05, 0) is 19.9 Å². The first-order valence-electron chi connectivity index (χ1n) is 6.35. The van der Waals surface area contributed by atoms with Crippen LogP contribution in [-0.2, 0) is 0 Å². The van der Waals surface area contributed by atoms with Gasteiger partial charge in [-0.3, -0.25) is 4.99 Å². The number of ether oxygens (including phenoxy) is 1. The summed E-state index contributed by atoms with van der Waals surface area (Å²) in [5, 5.41) is 4.55. The third-order valence-electron chi connectivity index (χ3n) is 3.22. The number of fused-ring (bicyclic) bond motifs is 1. The van der Waals surface area contributed by atoms with Crippen molar-refractivity contribution in [1.82, 2.24) is 5.32 Å². The van der Waals surface area contributed by atoms with Gasteiger partial charge in [0.25, 0.3) is 0 Å². The number of thioether (sulfide) groups is 1. The molecule has 0 bridgehead atoms. The Morgan fingerprint density at radius 2 is 2.22 bits per heavy atom. The molecule has 1 fully saturated rings. The fourth-order valence-corrected chi connectivity index (χ4v) is 3.40. The van der Waals surface area contributed by atoms with Crippen molar-refractivity contribution >= 4 is 16.9 Å². The highest BCUT2D eigenvalue weighted by Crippen LogP contribution is 2.35. The molecule has 18 heavy (non-hydrogen) atoms. The summed E-state index contributed by atoms with van der Waals surface area (Å²) in [7, 11) is 0. The van der Waals surface area contributed by atoms with Gasteiger partial charge in [0.15, 0.2) is 5.17 Å². The molecule has 96 valence electrons. The van der Waals surface area contributed by atoms with Crippen LogP contribution in [0.25, 0.3) is 0 Å². The molecule has 3 nitrogen and oxygen atoms in total. The largest absolute Gasteiger partial charge is 0.493 e. The van der Waals surface area contributed by atoms with Crippen molar-refractivity contribution < 1.29 is 4.74 Å². The lowest BCUT2D eigenvalue weighted by Gasteiger charge is -2.23. The predicted octanol–water partition coefficient (Wildman–Crippen LogP) is 2.98. The quantitative estimate of drug-likeness (QED) is 0.844. The normalized spacial score (nSPS) is 27.4. The zero-order valence-corrected chi connectivity index (χ0v) is 11.6. The Balaban J connectivity index is 1.85. The molecule has 0 amide bonds. The molecule has 1 unspecified atom stereocenters. The number of hydrogen-bond donors (Lipinski definition) is 1. The van der Waals surface area contributed by atoms with Crippen molar-refractivity contribution in [2.24, 2.45) is 4.99 Å². The molecule has 2 aliphatic heterocycles. The van der Waals surface area contributed by atoms with Crippen molar-refractivity contribution in [2.45, 2.75) is 31.8 Å². The summed E-state index contributed by atoms with van der Waals surface area (Å²) in [5.41, 5.74) is 1.37. The second-order valence-corrected chi connectivity index (χ2v) is 6.39. The summed E-state index contributed by atoms with van der Waals surface area (Å²) < 4.78 is 5.66. The molecule has 0 aromatic heterocycles. The van der Waals surface area contributed by atoms with Crippen LogP contribution in [0, 0.1) is 0 Å². The Hall–Kier alpha value is -1.16. The molecule has 1 saturated heterocycles. The second-order valence-electron chi connectivity index (χ2n) is 5.42. The van der Waals surface area contributed by atoms with E-state index in [1.807, 2.05) is 23.9 Å². The molecule has 2 heterocycles. The molecule has 1 aromatic carbocycles. The summed E-state index contributed by atoms with van der Waals surface area (Å²) in [4.78, 5) is 4.86. The first kappa shape index (κ1) is 11.9. The van der Waals surface area contributed by atoms with E-state index in [9.17, 15) is 0 Å². The molecule has 4 heteroatoms. The molecular weight excluding hydrogens is 244 g/mol. The van der Waals surface area contributed by atoms with Crippen molar-refractivity contribution in [1.29, 1.82) is 0 Å². The van der Waals surface area contributed by atoms with Crippen LogP contribution in [0.4, 0.5) is 0 Å². The van der Waals surface area contributed by atoms with E-state index >= 15 is 0 Å². The van der Waals surface area contributed by atoms with E-state index in [-0.39, 0.29) is 11.6 Å². The summed E-state index contributed by atoms with van der Waals surface area (Å²) >= 11 is 1.82. The standard InChI is InChI=1S/C14H18N2OS/c1-14(2)9-18-13(16-14)15-11-7-8-17-12-6-4-3-5-10(11)12/h3-6,11H,7-9H2,1-2H3,(H,15,16). The number of hydrogen-bond acceptors (Lipinski definition) is 3. The van der Waals surface area contributed by atoms with Crippen LogP contribution in [0.1, 0.15) is 31.9 Å². The maximum atomic E-state index is 5.66. The molecule has 2 aliphatic rings. The molecular formula is C14H18N2OS. The molecule has 1 atom stereocenters. The number of nitrogens with one attached hydrogen (secondary N) is 1. The number of aliphatic imine (C=N–C) groups is 1. The second kappa shape index (κ2) is 4.50. The smallest absolute Gasteiger partial charge is 0.157 e. The Morgan fingerprint density at radius 3 is 3.00 bits per heavy atom. The maximum Gasteiger partial charge on any atom is 0.157 e. The van der Waals surface area contributed by atoms with Gasteiger partial charge < -0.3 is 10.1 Å². The van der Waals surface area contributed by atoms with Gasteiger partial charge in [0.2, 0.25) is 0 Å². The molecule has 1 aromatic rings. The summed E-state index contributed by atoms with van der Waals surface area (Å²) in [6, 6.07) is 8.45. The van der Waals surface area contributed by atoms with E-state index in [0.29, 0.717) is 0 Å². The zero-order valence-electron chi connectivity index (χ0n) is 10.8. The minimum Gasteiger partial charge on any atom is -0.493 e. The third-order valence-corrected chi connectivity index (χ3v) is 4.56. The molecule has 0 spiro atoms. The highest BCUT2D eigenvalue weighted by molar-refractivity contribution is 8.14. The van der Waals surface area contributed by atoms with Gasteiger partial charge >= 0.3 is 0 Å². The topological polar surface area (TPSA) is 33.6 Å². The molecule has 3 rings (SSSR count). The lowest BCUT2D eigenvalue weighted by Crippen LogP contribution is -2.37. The van der Waals surface area contributed by atoms with E-state index in [4.69, 9.17) is 9.73 Å². The first-order valence-corrected chi connectivity index (χ1v) is 7.33. The average molecular weight is 262 g/mol. The number of benzene rings is 1. The molecule has 0 saturated carbocycles. The van der Waals surface area contributed by atoms with Gasteiger partial charge in [-0.2, -0.15) is 0 Å².